The Hall–Kier alpha value is -4.37. The van der Waals surface area contributed by atoms with E-state index in [0.29, 0.717) is 0 Å². The van der Waals surface area contributed by atoms with E-state index in [1.54, 1.807) is 0 Å². The van der Waals surface area contributed by atoms with Gasteiger partial charge < -0.3 is 4.57 Å². The van der Waals surface area contributed by atoms with Gasteiger partial charge in [0.1, 0.15) is 0 Å². The van der Waals surface area contributed by atoms with Gasteiger partial charge in [-0.15, -0.1) is 0 Å². The smallest absolute Gasteiger partial charge is 0.215 e. The lowest BCUT2D eigenvalue weighted by atomic mass is 10.0. The minimum atomic E-state index is 0.750. The van der Waals surface area contributed by atoms with Crippen LogP contribution in [0.2, 0.25) is 0 Å². The largest absolute Gasteiger partial charge is 0.305 e. The summed E-state index contributed by atoms with van der Waals surface area (Å²) < 4.78 is 4.59. The van der Waals surface area contributed by atoms with Crippen molar-refractivity contribution in [2.75, 3.05) is 0 Å². The first kappa shape index (κ1) is 20.3. The number of rotatable bonds is 5. The average molecular weight is 440 g/mol. The molecule has 6 aromatic rings. The Balaban J connectivity index is 1.65. The molecule has 0 aliphatic carbocycles. The van der Waals surface area contributed by atoms with Crippen LogP contribution in [0, 0.1) is 6.92 Å². The van der Waals surface area contributed by atoms with E-state index in [1.807, 2.05) is 6.07 Å². The van der Waals surface area contributed by atoms with Crippen molar-refractivity contribution in [1.29, 1.82) is 0 Å². The second kappa shape index (κ2) is 8.53. The molecular weight excluding hydrogens is 414 g/mol. The molecule has 34 heavy (non-hydrogen) atoms. The van der Waals surface area contributed by atoms with Gasteiger partial charge in [0, 0.05) is 17.3 Å². The predicted octanol–water partition coefficient (Wildman–Crippen LogP) is 7.49. The summed E-state index contributed by atoms with van der Waals surface area (Å²) >= 11 is 0. The third-order valence-electron chi connectivity index (χ3n) is 6.30. The summed E-state index contributed by atoms with van der Waals surface area (Å²) in [5.74, 6) is 0.942. The normalized spacial score (nSPS) is 11.2. The van der Waals surface area contributed by atoms with Crippen LogP contribution < -0.4 is 0 Å². The van der Waals surface area contributed by atoms with Crippen LogP contribution in [0.15, 0.2) is 121 Å². The van der Waals surface area contributed by atoms with Gasteiger partial charge in [-0.25, -0.2) is 4.98 Å². The van der Waals surface area contributed by atoms with Crippen LogP contribution in [0.3, 0.4) is 0 Å². The fraction of sp³-hybridized carbons (Fsp3) is 0.0645. The maximum absolute atomic E-state index is 5.25. The van der Waals surface area contributed by atoms with Crippen molar-refractivity contribution in [1.82, 2.24) is 14.0 Å². The molecule has 0 aliphatic heterocycles. The predicted molar refractivity (Wildman–Crippen MR) is 140 cm³/mol. The monoisotopic (exact) mass is 439 g/mol. The zero-order chi connectivity index (χ0) is 22.9. The highest BCUT2D eigenvalue weighted by Crippen LogP contribution is 2.36. The molecule has 0 aliphatic rings. The topological polar surface area (TPSA) is 22.2 Å². The van der Waals surface area contributed by atoms with Crippen molar-refractivity contribution in [2.45, 2.75) is 13.5 Å². The molecule has 0 radical (unpaired) electrons. The quantitative estimate of drug-likeness (QED) is 0.273. The highest BCUT2D eigenvalue weighted by molar-refractivity contribution is 5.82. The van der Waals surface area contributed by atoms with E-state index in [4.69, 9.17) is 4.98 Å². The molecule has 6 rings (SSSR count). The van der Waals surface area contributed by atoms with Gasteiger partial charge in [0.05, 0.1) is 23.6 Å². The number of hydrogen-bond acceptors (Lipinski definition) is 1. The molecule has 0 atom stereocenters. The van der Waals surface area contributed by atoms with Gasteiger partial charge in [-0.2, -0.15) is 0 Å². The third-order valence-corrected chi connectivity index (χ3v) is 6.30. The standard InChI is InChI=1S/C31H25N3/c1-23-17-19-25(20-18-23)28-22-34-30(27-15-9-4-10-16-27)29(26-13-7-3-8-14-26)32-31(34)33(28)21-24-11-5-2-6-12-24/h2-20,22H,21H2,1H3. The Morgan fingerprint density at radius 2 is 1.21 bits per heavy atom. The number of imidazole rings is 2. The highest BCUT2D eigenvalue weighted by Gasteiger charge is 2.21. The van der Waals surface area contributed by atoms with Crippen LogP contribution in [0.25, 0.3) is 39.5 Å². The average Bonchev–Trinajstić information content (AvgIpc) is 3.43. The molecule has 3 heteroatoms. The summed E-state index contributed by atoms with van der Waals surface area (Å²) in [5, 5.41) is 0. The maximum Gasteiger partial charge on any atom is 0.215 e. The van der Waals surface area contributed by atoms with Crippen LogP contribution in [-0.4, -0.2) is 14.0 Å². The fourth-order valence-electron chi connectivity index (χ4n) is 4.58. The lowest BCUT2D eigenvalue weighted by Crippen LogP contribution is -2.02. The zero-order valence-electron chi connectivity index (χ0n) is 19.1. The zero-order valence-corrected chi connectivity index (χ0v) is 19.1. The molecule has 0 fully saturated rings. The van der Waals surface area contributed by atoms with E-state index in [1.165, 1.54) is 16.7 Å². The molecule has 3 nitrogen and oxygen atoms in total. The third kappa shape index (κ3) is 3.61. The Labute approximate surface area is 199 Å². The highest BCUT2D eigenvalue weighted by atomic mass is 15.2. The lowest BCUT2D eigenvalue weighted by molar-refractivity contribution is 0.826. The molecule has 2 heterocycles. The van der Waals surface area contributed by atoms with Gasteiger partial charge in [0.25, 0.3) is 0 Å². The Kier molecular flexibility index (Phi) is 5.08. The summed E-state index contributed by atoms with van der Waals surface area (Å²) in [6, 6.07) is 40.4. The van der Waals surface area contributed by atoms with E-state index >= 15 is 0 Å². The molecule has 0 unspecified atom stereocenters. The number of nitrogens with zero attached hydrogens (tertiary/aromatic N) is 3. The summed E-state index contributed by atoms with van der Waals surface area (Å²) in [7, 11) is 0. The molecule has 0 amide bonds. The first-order valence-corrected chi connectivity index (χ1v) is 11.6. The van der Waals surface area contributed by atoms with E-state index in [-0.39, 0.29) is 0 Å². The number of aromatic nitrogens is 3. The van der Waals surface area contributed by atoms with Gasteiger partial charge in [0.2, 0.25) is 5.78 Å². The molecule has 0 N–H and O–H groups in total. The maximum atomic E-state index is 5.25. The second-order valence-corrected chi connectivity index (χ2v) is 8.66. The second-order valence-electron chi connectivity index (χ2n) is 8.66. The number of hydrogen-bond donors (Lipinski definition) is 0. The Morgan fingerprint density at radius 1 is 0.618 bits per heavy atom. The van der Waals surface area contributed by atoms with Crippen molar-refractivity contribution in [3.05, 3.63) is 133 Å². The van der Waals surface area contributed by atoms with E-state index < -0.39 is 0 Å². The minimum absolute atomic E-state index is 0.750. The molecule has 4 aromatic carbocycles. The van der Waals surface area contributed by atoms with Gasteiger partial charge in [0.15, 0.2) is 0 Å². The van der Waals surface area contributed by atoms with E-state index in [0.717, 1.165) is 40.5 Å². The van der Waals surface area contributed by atoms with Gasteiger partial charge in [-0.05, 0) is 18.1 Å². The summed E-state index contributed by atoms with van der Waals surface area (Å²) in [5.41, 5.74) is 9.23. The van der Waals surface area contributed by atoms with Crippen molar-refractivity contribution < 1.29 is 0 Å². The van der Waals surface area contributed by atoms with Crippen LogP contribution in [-0.2, 0) is 6.54 Å². The molecule has 2 aromatic heterocycles. The van der Waals surface area contributed by atoms with Crippen LogP contribution in [0.4, 0.5) is 0 Å². The molecule has 0 spiro atoms. The fourth-order valence-corrected chi connectivity index (χ4v) is 4.58. The lowest BCUT2D eigenvalue weighted by Gasteiger charge is -2.10. The van der Waals surface area contributed by atoms with Crippen LogP contribution >= 0.6 is 0 Å². The molecular formula is C31H25N3. The summed E-state index contributed by atoms with van der Waals surface area (Å²) in [6.45, 7) is 2.87. The Morgan fingerprint density at radius 3 is 1.85 bits per heavy atom. The first-order valence-electron chi connectivity index (χ1n) is 11.6. The molecule has 0 bridgehead atoms. The van der Waals surface area contributed by atoms with Crippen molar-refractivity contribution in [3.8, 4) is 33.8 Å². The van der Waals surface area contributed by atoms with E-state index in [9.17, 15) is 0 Å². The van der Waals surface area contributed by atoms with Crippen LogP contribution in [0.5, 0.6) is 0 Å². The number of fused-ring (bicyclic) bond motifs is 1. The molecule has 164 valence electrons. The SMILES string of the molecule is Cc1ccc(-c2cn3c(-c4ccccc4)c(-c4ccccc4)nc3n2Cc2ccccc2)cc1. The Bertz CT molecular complexity index is 1540. The van der Waals surface area contributed by atoms with Crippen molar-refractivity contribution in [2.24, 2.45) is 0 Å². The molecule has 0 saturated carbocycles. The van der Waals surface area contributed by atoms with Gasteiger partial charge >= 0.3 is 0 Å². The summed E-state index contributed by atoms with van der Waals surface area (Å²) in [6.07, 6.45) is 2.24. The van der Waals surface area contributed by atoms with Gasteiger partial charge in [-0.3, -0.25) is 4.40 Å². The van der Waals surface area contributed by atoms with Crippen molar-refractivity contribution >= 4 is 5.78 Å². The number of aryl methyl sites for hydroxylation is 1. The van der Waals surface area contributed by atoms with Crippen LogP contribution in [0.1, 0.15) is 11.1 Å². The van der Waals surface area contributed by atoms with E-state index in [2.05, 4.69) is 131 Å². The summed E-state index contributed by atoms with van der Waals surface area (Å²) in [4.78, 5) is 5.25. The molecule has 0 saturated heterocycles. The first-order chi connectivity index (χ1) is 16.8. The minimum Gasteiger partial charge on any atom is -0.305 e. The number of benzene rings is 4. The van der Waals surface area contributed by atoms with Gasteiger partial charge in [-0.1, -0.05) is 121 Å². The van der Waals surface area contributed by atoms with Crippen molar-refractivity contribution in [3.63, 3.8) is 0 Å².